The van der Waals surface area contributed by atoms with Crippen molar-refractivity contribution < 1.29 is 0 Å². The van der Waals surface area contributed by atoms with Crippen LogP contribution in [0.25, 0.3) is 4.85 Å². The third-order valence-corrected chi connectivity index (χ3v) is 6.17. The Morgan fingerprint density at radius 3 is 2.70 bits per heavy atom. The van der Waals surface area contributed by atoms with Crippen LogP contribution in [0.4, 0.5) is 11.4 Å². The van der Waals surface area contributed by atoms with Crippen LogP contribution in [-0.4, -0.2) is 29.0 Å². The predicted molar refractivity (Wildman–Crippen MR) is 123 cm³/mol. The molecule has 0 amide bonds. The number of pyridine rings is 1. The van der Waals surface area contributed by atoms with Gasteiger partial charge in [0.05, 0.1) is 6.57 Å². The van der Waals surface area contributed by atoms with Crippen molar-refractivity contribution >= 4 is 34.6 Å². The van der Waals surface area contributed by atoms with Crippen LogP contribution in [-0.2, 0) is 13.1 Å². The Morgan fingerprint density at radius 2 is 1.97 bits per heavy atom. The largest absolute Gasteiger partial charge is 0.363 e. The molecular weight excluding hydrogens is 415 g/mol. The first-order chi connectivity index (χ1) is 14.6. The second-order valence-electron chi connectivity index (χ2n) is 7.51. The van der Waals surface area contributed by atoms with Gasteiger partial charge in [-0.2, -0.15) is 0 Å². The minimum Gasteiger partial charge on any atom is -0.363 e. The molecule has 0 bridgehead atoms. The van der Waals surface area contributed by atoms with Gasteiger partial charge < -0.3 is 4.90 Å². The average Bonchev–Trinajstić information content (AvgIpc) is 3.22. The molecule has 0 N–H and O–H groups in total. The van der Waals surface area contributed by atoms with Gasteiger partial charge in [-0.15, -0.1) is 0 Å². The summed E-state index contributed by atoms with van der Waals surface area (Å²) in [6.07, 6.45) is 4.78. The van der Waals surface area contributed by atoms with Crippen LogP contribution >= 0.6 is 23.2 Å². The molecule has 1 aromatic heterocycles. The van der Waals surface area contributed by atoms with Gasteiger partial charge in [0, 0.05) is 60.3 Å². The highest BCUT2D eigenvalue weighted by molar-refractivity contribution is 6.33. The second kappa shape index (κ2) is 9.49. The van der Waals surface area contributed by atoms with Crippen LogP contribution in [0.15, 0.2) is 67.0 Å². The molecule has 1 fully saturated rings. The number of hydrogen-bond acceptors (Lipinski definition) is 3. The number of anilines is 1. The number of rotatable bonds is 6. The number of aromatic nitrogens is 1. The van der Waals surface area contributed by atoms with Crippen molar-refractivity contribution in [3.63, 3.8) is 0 Å². The van der Waals surface area contributed by atoms with E-state index in [2.05, 4.69) is 31.8 Å². The number of hydrogen-bond donors (Lipinski definition) is 0. The van der Waals surface area contributed by atoms with Gasteiger partial charge in [-0.05, 0) is 41.8 Å². The van der Waals surface area contributed by atoms with E-state index < -0.39 is 0 Å². The Labute approximate surface area is 187 Å². The van der Waals surface area contributed by atoms with E-state index in [0.29, 0.717) is 23.3 Å². The van der Waals surface area contributed by atoms with E-state index in [0.717, 1.165) is 42.3 Å². The zero-order chi connectivity index (χ0) is 20.9. The first-order valence-electron chi connectivity index (χ1n) is 9.92. The zero-order valence-corrected chi connectivity index (χ0v) is 18.0. The fraction of sp³-hybridized carbons (Fsp3) is 0.250. The molecule has 4 nitrogen and oxygen atoms in total. The van der Waals surface area contributed by atoms with E-state index in [-0.39, 0.29) is 0 Å². The maximum Gasteiger partial charge on any atom is 0.205 e. The van der Waals surface area contributed by atoms with Crippen molar-refractivity contribution in [2.24, 2.45) is 0 Å². The molecule has 3 aromatic rings. The summed E-state index contributed by atoms with van der Waals surface area (Å²) in [6, 6.07) is 18.0. The molecule has 0 spiro atoms. The summed E-state index contributed by atoms with van der Waals surface area (Å²) in [4.78, 5) is 12.5. The molecule has 2 heterocycles. The van der Waals surface area contributed by atoms with Crippen molar-refractivity contribution in [3.8, 4) is 0 Å². The highest BCUT2D eigenvalue weighted by Crippen LogP contribution is 2.33. The van der Waals surface area contributed by atoms with Gasteiger partial charge >= 0.3 is 0 Å². The highest BCUT2D eigenvalue weighted by Gasteiger charge is 2.29. The average molecular weight is 437 g/mol. The van der Waals surface area contributed by atoms with Gasteiger partial charge in [0.2, 0.25) is 5.69 Å². The maximum absolute atomic E-state index is 7.27. The molecule has 2 aromatic carbocycles. The van der Waals surface area contributed by atoms with Crippen LogP contribution in [0.2, 0.25) is 10.0 Å². The lowest BCUT2D eigenvalue weighted by atomic mass is 10.1. The first kappa shape index (κ1) is 20.7. The lowest BCUT2D eigenvalue weighted by molar-refractivity contribution is 0.324. The molecule has 152 valence electrons. The Hall–Kier alpha value is -2.58. The smallest absolute Gasteiger partial charge is 0.205 e. The van der Waals surface area contributed by atoms with Crippen LogP contribution in [0.1, 0.15) is 17.5 Å². The van der Waals surface area contributed by atoms with Crippen molar-refractivity contribution in [1.82, 2.24) is 9.88 Å². The second-order valence-corrected chi connectivity index (χ2v) is 8.32. The zero-order valence-electron chi connectivity index (χ0n) is 16.5. The molecule has 0 saturated carbocycles. The number of nitrogens with zero attached hydrogens (tertiary/aromatic N) is 4. The van der Waals surface area contributed by atoms with E-state index in [1.807, 2.05) is 42.6 Å². The van der Waals surface area contributed by atoms with Gasteiger partial charge in [-0.3, -0.25) is 9.88 Å². The Balaban J connectivity index is 1.58. The number of likely N-dealkylation sites (tertiary alicyclic amines) is 1. The molecule has 0 aliphatic carbocycles. The standard InChI is InChI=1S/C24H22Cl2N4/c1-27-24-9-8-20(13-23(24)26)30(16-19-6-2-3-7-22(19)25)21-10-12-29(17-21)15-18-5-4-11-28-14-18/h2-9,11,13-14,21H,10,12,15-17H2/t21-/m0/s1. The van der Waals surface area contributed by atoms with Crippen molar-refractivity contribution in [3.05, 3.63) is 99.6 Å². The van der Waals surface area contributed by atoms with Crippen molar-refractivity contribution in [2.75, 3.05) is 18.0 Å². The number of benzene rings is 2. The minimum absolute atomic E-state index is 0.327. The third kappa shape index (κ3) is 4.76. The third-order valence-electron chi connectivity index (χ3n) is 5.50. The topological polar surface area (TPSA) is 23.7 Å². The molecule has 6 heteroatoms. The summed E-state index contributed by atoms with van der Waals surface area (Å²) in [5, 5.41) is 1.24. The van der Waals surface area contributed by atoms with E-state index >= 15 is 0 Å². The Morgan fingerprint density at radius 1 is 1.10 bits per heavy atom. The summed E-state index contributed by atoms with van der Waals surface area (Å²) in [7, 11) is 0. The predicted octanol–water partition coefficient (Wildman–Crippen LogP) is 6.22. The Kier molecular flexibility index (Phi) is 6.54. The summed E-state index contributed by atoms with van der Waals surface area (Å²) >= 11 is 12.8. The molecule has 0 unspecified atom stereocenters. The van der Waals surface area contributed by atoms with Gasteiger partial charge in [0.1, 0.15) is 0 Å². The van der Waals surface area contributed by atoms with Crippen molar-refractivity contribution in [2.45, 2.75) is 25.6 Å². The van der Waals surface area contributed by atoms with Crippen LogP contribution in [0.3, 0.4) is 0 Å². The lowest BCUT2D eigenvalue weighted by Crippen LogP contribution is -2.37. The van der Waals surface area contributed by atoms with Gasteiger partial charge in [0.25, 0.3) is 0 Å². The molecule has 1 aliphatic rings. The molecular formula is C24H22Cl2N4. The van der Waals surface area contributed by atoms with Gasteiger partial charge in [-0.25, -0.2) is 4.85 Å². The minimum atomic E-state index is 0.327. The Bertz CT molecular complexity index is 1050. The summed E-state index contributed by atoms with van der Waals surface area (Å²) < 4.78 is 0. The molecule has 30 heavy (non-hydrogen) atoms. The van der Waals surface area contributed by atoms with E-state index in [4.69, 9.17) is 29.8 Å². The summed E-state index contributed by atoms with van der Waals surface area (Å²) in [5.41, 5.74) is 3.79. The normalized spacial score (nSPS) is 16.4. The molecule has 1 saturated heterocycles. The highest BCUT2D eigenvalue weighted by atomic mass is 35.5. The quantitative estimate of drug-likeness (QED) is 0.428. The van der Waals surface area contributed by atoms with Gasteiger partial charge in [0.15, 0.2) is 0 Å². The van der Waals surface area contributed by atoms with E-state index in [9.17, 15) is 0 Å². The van der Waals surface area contributed by atoms with Crippen LogP contribution in [0.5, 0.6) is 0 Å². The molecule has 1 atom stereocenters. The molecule has 0 radical (unpaired) electrons. The molecule has 4 rings (SSSR count). The first-order valence-corrected chi connectivity index (χ1v) is 10.7. The maximum atomic E-state index is 7.27. The van der Waals surface area contributed by atoms with Crippen molar-refractivity contribution in [1.29, 1.82) is 0 Å². The fourth-order valence-electron chi connectivity index (χ4n) is 3.97. The summed E-state index contributed by atoms with van der Waals surface area (Å²) in [6.45, 7) is 10.8. The fourth-order valence-corrected chi connectivity index (χ4v) is 4.38. The van der Waals surface area contributed by atoms with Gasteiger partial charge in [-0.1, -0.05) is 53.5 Å². The van der Waals surface area contributed by atoms with E-state index in [1.165, 1.54) is 5.56 Å². The summed E-state index contributed by atoms with van der Waals surface area (Å²) in [5.74, 6) is 0. The SMILES string of the molecule is [C-]#[N+]c1ccc(N(Cc2ccccc2Cl)[C@H]2CCN(Cc3cccnc3)C2)cc1Cl. The lowest BCUT2D eigenvalue weighted by Gasteiger charge is -2.32. The molecule has 1 aliphatic heterocycles. The van der Waals surface area contributed by atoms with Crippen LogP contribution in [0, 0.1) is 6.57 Å². The van der Waals surface area contributed by atoms with E-state index in [1.54, 1.807) is 12.3 Å². The van der Waals surface area contributed by atoms with Crippen LogP contribution < -0.4 is 4.90 Å². The monoisotopic (exact) mass is 436 g/mol. The number of halogens is 2.